The lowest BCUT2D eigenvalue weighted by molar-refractivity contribution is -0.113. The SMILES string of the molecule is O=C(CSc1nc2nccnc2c(=O)n1Cc1ccccc1)Nc1nccs1. The van der Waals surface area contributed by atoms with Gasteiger partial charge in [-0.15, -0.1) is 11.3 Å². The fourth-order valence-electron chi connectivity index (χ4n) is 2.52. The molecule has 4 aromatic rings. The number of fused-ring (bicyclic) bond motifs is 1. The van der Waals surface area contributed by atoms with Crippen LogP contribution in [0.3, 0.4) is 0 Å². The van der Waals surface area contributed by atoms with Crippen LogP contribution >= 0.6 is 23.1 Å². The standard InChI is InChI=1S/C18H14N6O2S2/c25-13(22-17-21-8-9-27-17)11-28-18-23-15-14(19-6-7-20-15)16(26)24(18)10-12-4-2-1-3-5-12/h1-9H,10-11H2,(H,21,22,25). The van der Waals surface area contributed by atoms with Gasteiger partial charge < -0.3 is 5.32 Å². The Bertz CT molecular complexity index is 1160. The number of thiazole rings is 1. The molecule has 3 aromatic heterocycles. The van der Waals surface area contributed by atoms with Crippen LogP contribution in [0.5, 0.6) is 0 Å². The maximum absolute atomic E-state index is 13.0. The number of hydrogen-bond acceptors (Lipinski definition) is 8. The molecule has 0 spiro atoms. The molecule has 1 aromatic carbocycles. The first kappa shape index (κ1) is 18.3. The number of hydrogen-bond donors (Lipinski definition) is 1. The number of rotatable bonds is 6. The number of anilines is 1. The van der Waals surface area contributed by atoms with Gasteiger partial charge in [-0.25, -0.2) is 19.9 Å². The summed E-state index contributed by atoms with van der Waals surface area (Å²) in [6.07, 6.45) is 4.57. The van der Waals surface area contributed by atoms with Gasteiger partial charge in [-0.1, -0.05) is 42.1 Å². The van der Waals surface area contributed by atoms with E-state index in [1.165, 1.54) is 40.1 Å². The Hall–Kier alpha value is -3.11. The molecule has 1 amide bonds. The number of nitrogens with one attached hydrogen (secondary N) is 1. The zero-order valence-electron chi connectivity index (χ0n) is 14.5. The molecule has 3 heterocycles. The van der Waals surface area contributed by atoms with E-state index in [0.29, 0.717) is 16.8 Å². The number of aromatic nitrogens is 5. The van der Waals surface area contributed by atoms with Crippen molar-refractivity contribution in [2.75, 3.05) is 11.1 Å². The maximum Gasteiger partial charge on any atom is 0.282 e. The average Bonchev–Trinajstić information content (AvgIpc) is 3.22. The highest BCUT2D eigenvalue weighted by molar-refractivity contribution is 7.99. The molecule has 1 N–H and O–H groups in total. The van der Waals surface area contributed by atoms with E-state index < -0.39 is 0 Å². The molecule has 0 saturated carbocycles. The fraction of sp³-hybridized carbons (Fsp3) is 0.111. The topological polar surface area (TPSA) is 103 Å². The number of carbonyl (C=O) groups is 1. The first-order chi connectivity index (χ1) is 13.7. The normalized spacial score (nSPS) is 10.9. The van der Waals surface area contributed by atoms with Gasteiger partial charge in [-0.3, -0.25) is 14.2 Å². The van der Waals surface area contributed by atoms with Crippen molar-refractivity contribution in [1.29, 1.82) is 0 Å². The number of carbonyl (C=O) groups excluding carboxylic acids is 1. The van der Waals surface area contributed by atoms with Gasteiger partial charge in [0.05, 0.1) is 12.3 Å². The van der Waals surface area contributed by atoms with Crippen LogP contribution in [-0.2, 0) is 11.3 Å². The van der Waals surface area contributed by atoms with Gasteiger partial charge in [0.2, 0.25) is 5.91 Å². The lowest BCUT2D eigenvalue weighted by Crippen LogP contribution is -2.25. The Kier molecular flexibility index (Phi) is 5.40. The molecule has 140 valence electrons. The first-order valence-corrected chi connectivity index (χ1v) is 10.1. The largest absolute Gasteiger partial charge is 0.301 e. The molecule has 0 radical (unpaired) electrons. The van der Waals surface area contributed by atoms with E-state index in [2.05, 4.69) is 25.3 Å². The molecule has 8 nitrogen and oxygen atoms in total. The van der Waals surface area contributed by atoms with Gasteiger partial charge in [0.15, 0.2) is 21.5 Å². The van der Waals surface area contributed by atoms with Gasteiger partial charge in [-0.2, -0.15) is 0 Å². The monoisotopic (exact) mass is 410 g/mol. The molecule has 0 aliphatic carbocycles. The molecule has 0 aliphatic heterocycles. The summed E-state index contributed by atoms with van der Waals surface area (Å²) in [5.74, 6) is -0.133. The van der Waals surface area contributed by atoms with Gasteiger partial charge in [0.25, 0.3) is 5.56 Å². The third-order valence-electron chi connectivity index (χ3n) is 3.75. The number of amides is 1. The van der Waals surface area contributed by atoms with Gasteiger partial charge in [0.1, 0.15) is 0 Å². The van der Waals surface area contributed by atoms with Crippen LogP contribution in [0.1, 0.15) is 5.56 Å². The molecule has 0 aliphatic rings. The van der Waals surface area contributed by atoms with Crippen LogP contribution in [0.25, 0.3) is 11.2 Å². The summed E-state index contributed by atoms with van der Waals surface area (Å²) in [6, 6.07) is 9.58. The van der Waals surface area contributed by atoms with E-state index in [1.54, 1.807) is 11.6 Å². The molecule has 28 heavy (non-hydrogen) atoms. The van der Waals surface area contributed by atoms with Crippen LogP contribution in [0.4, 0.5) is 5.13 Å². The van der Waals surface area contributed by atoms with Crippen molar-refractivity contribution in [3.05, 3.63) is 70.2 Å². The fourth-order valence-corrected chi connectivity index (χ4v) is 3.85. The summed E-state index contributed by atoms with van der Waals surface area (Å²) < 4.78 is 1.52. The smallest absolute Gasteiger partial charge is 0.282 e. The molecule has 0 bridgehead atoms. The molecular formula is C18H14N6O2S2. The van der Waals surface area contributed by atoms with Crippen LogP contribution in [-0.4, -0.2) is 36.2 Å². The third-order valence-corrected chi connectivity index (χ3v) is 5.42. The van der Waals surface area contributed by atoms with Crippen molar-refractivity contribution >= 4 is 45.3 Å². The highest BCUT2D eigenvalue weighted by atomic mass is 32.2. The highest BCUT2D eigenvalue weighted by Crippen LogP contribution is 2.18. The van der Waals surface area contributed by atoms with E-state index in [9.17, 15) is 9.59 Å². The summed E-state index contributed by atoms with van der Waals surface area (Å²) in [4.78, 5) is 41.9. The molecular weight excluding hydrogens is 396 g/mol. The van der Waals surface area contributed by atoms with Crippen molar-refractivity contribution in [2.24, 2.45) is 0 Å². The van der Waals surface area contributed by atoms with Crippen LogP contribution in [0.15, 0.2) is 64.3 Å². The van der Waals surface area contributed by atoms with Gasteiger partial charge in [0, 0.05) is 24.0 Å². The average molecular weight is 410 g/mol. The summed E-state index contributed by atoms with van der Waals surface area (Å²) in [7, 11) is 0. The number of thioether (sulfide) groups is 1. The highest BCUT2D eigenvalue weighted by Gasteiger charge is 2.15. The van der Waals surface area contributed by atoms with Crippen molar-refractivity contribution in [1.82, 2.24) is 24.5 Å². The minimum absolute atomic E-state index is 0.0899. The molecule has 0 atom stereocenters. The molecule has 0 unspecified atom stereocenters. The minimum atomic E-state index is -0.287. The van der Waals surface area contributed by atoms with E-state index in [0.717, 1.165) is 5.56 Å². The quantitative estimate of drug-likeness (QED) is 0.385. The Morgan fingerprint density at radius 1 is 1.11 bits per heavy atom. The molecule has 0 saturated heterocycles. The first-order valence-electron chi connectivity index (χ1n) is 8.28. The van der Waals surface area contributed by atoms with Crippen molar-refractivity contribution < 1.29 is 4.79 Å². The van der Waals surface area contributed by atoms with Crippen LogP contribution < -0.4 is 10.9 Å². The predicted octanol–water partition coefficient (Wildman–Crippen LogP) is 2.42. The zero-order valence-corrected chi connectivity index (χ0v) is 16.1. The van der Waals surface area contributed by atoms with Crippen LogP contribution in [0.2, 0.25) is 0 Å². The van der Waals surface area contributed by atoms with E-state index in [-0.39, 0.29) is 28.4 Å². The second-order valence-electron chi connectivity index (χ2n) is 5.67. The van der Waals surface area contributed by atoms with Crippen molar-refractivity contribution in [3.63, 3.8) is 0 Å². The molecule has 4 rings (SSSR count). The summed E-state index contributed by atoms with van der Waals surface area (Å²) in [5, 5.41) is 5.44. The number of nitrogens with zero attached hydrogens (tertiary/aromatic N) is 5. The Balaban J connectivity index is 1.64. The summed E-state index contributed by atoms with van der Waals surface area (Å²) in [5.41, 5.74) is 1.13. The van der Waals surface area contributed by atoms with E-state index >= 15 is 0 Å². The van der Waals surface area contributed by atoms with E-state index in [1.807, 2.05) is 30.3 Å². The van der Waals surface area contributed by atoms with Gasteiger partial charge >= 0.3 is 0 Å². The molecule has 0 fully saturated rings. The Labute approximate surface area is 167 Å². The Morgan fingerprint density at radius 3 is 2.71 bits per heavy atom. The van der Waals surface area contributed by atoms with Gasteiger partial charge in [-0.05, 0) is 5.56 Å². The second kappa shape index (κ2) is 8.28. The molecule has 10 heteroatoms. The van der Waals surface area contributed by atoms with Crippen molar-refractivity contribution in [3.8, 4) is 0 Å². The van der Waals surface area contributed by atoms with Crippen LogP contribution in [0, 0.1) is 0 Å². The minimum Gasteiger partial charge on any atom is -0.301 e. The summed E-state index contributed by atoms with van der Waals surface area (Å²) in [6.45, 7) is 0.329. The lowest BCUT2D eigenvalue weighted by atomic mass is 10.2. The zero-order chi connectivity index (χ0) is 19.3. The summed E-state index contributed by atoms with van der Waals surface area (Å²) >= 11 is 2.51. The lowest BCUT2D eigenvalue weighted by Gasteiger charge is -2.12. The predicted molar refractivity (Wildman–Crippen MR) is 109 cm³/mol. The maximum atomic E-state index is 13.0. The second-order valence-corrected chi connectivity index (χ2v) is 7.51. The van der Waals surface area contributed by atoms with E-state index in [4.69, 9.17) is 0 Å². The Morgan fingerprint density at radius 2 is 1.93 bits per heavy atom. The third kappa shape index (κ3) is 4.07. The van der Waals surface area contributed by atoms with Crippen molar-refractivity contribution in [2.45, 2.75) is 11.7 Å². The number of benzene rings is 1.